The molecule has 2 atom stereocenters. The Labute approximate surface area is 137 Å². The van der Waals surface area contributed by atoms with E-state index in [0.29, 0.717) is 18.5 Å². The molecule has 0 unspecified atom stereocenters. The minimum Gasteiger partial charge on any atom is -0.382 e. The molecule has 1 amide bonds. The second-order valence-electron chi connectivity index (χ2n) is 5.76. The zero-order valence-electron chi connectivity index (χ0n) is 13.0. The van der Waals surface area contributed by atoms with Crippen molar-refractivity contribution in [1.29, 1.82) is 0 Å². The smallest absolute Gasteiger partial charge is 0.274 e. The third kappa shape index (κ3) is 3.05. The van der Waals surface area contributed by atoms with Gasteiger partial charge in [0.05, 0.1) is 12.1 Å². The average Bonchev–Trinajstić information content (AvgIpc) is 2.91. The zero-order chi connectivity index (χ0) is 17.3. The number of nitrogens with one attached hydrogen (secondary N) is 1. The van der Waals surface area contributed by atoms with Crippen LogP contribution in [0.15, 0.2) is 30.6 Å². The van der Waals surface area contributed by atoms with Gasteiger partial charge in [0.15, 0.2) is 23.1 Å². The van der Waals surface area contributed by atoms with Crippen molar-refractivity contribution in [2.75, 3.05) is 19.3 Å². The highest BCUT2D eigenvalue weighted by Gasteiger charge is 2.35. The number of hydrogen-bond acceptors (Lipinski definition) is 5. The molecular weight excluding hydrogens is 316 g/mol. The molecule has 0 spiro atoms. The average molecular weight is 333 g/mol. The van der Waals surface area contributed by atoms with Gasteiger partial charge in [-0.05, 0) is 31.2 Å². The van der Waals surface area contributed by atoms with Crippen LogP contribution in [-0.2, 0) is 0 Å². The molecule has 3 rings (SSSR count). The third-order valence-corrected chi connectivity index (χ3v) is 4.19. The lowest BCUT2D eigenvalue weighted by Crippen LogP contribution is -2.39. The molecule has 126 valence electrons. The number of amides is 1. The molecule has 2 aromatic rings. The van der Waals surface area contributed by atoms with Gasteiger partial charge in [-0.1, -0.05) is 6.07 Å². The first-order valence-corrected chi connectivity index (χ1v) is 7.50. The van der Waals surface area contributed by atoms with Gasteiger partial charge in [-0.2, -0.15) is 0 Å². The number of likely N-dealkylation sites (tertiary alicyclic amines) is 1. The summed E-state index contributed by atoms with van der Waals surface area (Å²) in [4.78, 5) is 22.1. The topological polar surface area (TPSA) is 84.1 Å². The first-order valence-electron chi connectivity index (χ1n) is 7.50. The van der Waals surface area contributed by atoms with Crippen molar-refractivity contribution in [3.05, 3.63) is 53.5 Å². The Bertz CT molecular complexity index is 770. The molecule has 0 radical (unpaired) electrons. The lowest BCUT2D eigenvalue weighted by molar-refractivity contribution is 0.0923. The summed E-state index contributed by atoms with van der Waals surface area (Å²) in [7, 11) is 1.87. The second kappa shape index (κ2) is 6.48. The Balaban J connectivity index is 1.83. The van der Waals surface area contributed by atoms with Crippen LogP contribution in [0.4, 0.5) is 14.6 Å². The van der Waals surface area contributed by atoms with E-state index in [-0.39, 0.29) is 23.6 Å². The van der Waals surface area contributed by atoms with E-state index in [1.54, 1.807) is 0 Å². The van der Waals surface area contributed by atoms with Crippen LogP contribution in [0, 0.1) is 11.6 Å². The summed E-state index contributed by atoms with van der Waals surface area (Å²) in [5.74, 6) is -2.19. The maximum atomic E-state index is 13.6. The van der Waals surface area contributed by atoms with Crippen LogP contribution >= 0.6 is 0 Å². The number of carbonyl (C=O) groups is 1. The lowest BCUT2D eigenvalue weighted by Gasteiger charge is -2.26. The van der Waals surface area contributed by atoms with Crippen molar-refractivity contribution >= 4 is 11.7 Å². The van der Waals surface area contributed by atoms with Gasteiger partial charge in [0.2, 0.25) is 0 Å². The number of nitrogen functional groups attached to an aromatic ring is 1. The Morgan fingerprint density at radius 3 is 2.75 bits per heavy atom. The van der Waals surface area contributed by atoms with Crippen molar-refractivity contribution in [1.82, 2.24) is 20.2 Å². The van der Waals surface area contributed by atoms with Gasteiger partial charge in [0.25, 0.3) is 5.91 Å². The molecule has 3 N–H and O–H groups in total. The molecule has 8 heteroatoms. The highest BCUT2D eigenvalue weighted by Crippen LogP contribution is 2.32. The monoisotopic (exact) mass is 333 g/mol. The van der Waals surface area contributed by atoms with Gasteiger partial charge >= 0.3 is 0 Å². The van der Waals surface area contributed by atoms with E-state index in [1.807, 2.05) is 11.9 Å². The number of nitrogens with two attached hydrogens (primary N) is 1. The fourth-order valence-electron chi connectivity index (χ4n) is 3.04. The van der Waals surface area contributed by atoms with Crippen molar-refractivity contribution in [2.24, 2.45) is 0 Å². The van der Waals surface area contributed by atoms with E-state index >= 15 is 0 Å². The summed E-state index contributed by atoms with van der Waals surface area (Å²) in [6.07, 6.45) is 3.46. The highest BCUT2D eigenvalue weighted by molar-refractivity contribution is 5.96. The number of hydrogen-bond donors (Lipinski definition) is 2. The molecule has 0 aliphatic carbocycles. The highest BCUT2D eigenvalue weighted by atomic mass is 19.2. The van der Waals surface area contributed by atoms with Crippen LogP contribution in [-0.4, -0.2) is 40.4 Å². The van der Waals surface area contributed by atoms with Gasteiger partial charge in [0, 0.05) is 18.9 Å². The van der Waals surface area contributed by atoms with Crippen molar-refractivity contribution in [2.45, 2.75) is 18.5 Å². The lowest BCUT2D eigenvalue weighted by atomic mass is 9.99. The molecule has 6 nitrogen and oxygen atoms in total. The number of anilines is 1. The summed E-state index contributed by atoms with van der Waals surface area (Å²) in [6.45, 7) is 0.713. The molecule has 0 saturated carbocycles. The van der Waals surface area contributed by atoms with Crippen molar-refractivity contribution < 1.29 is 13.6 Å². The number of likely N-dealkylation sites (N-methyl/N-ethyl adjacent to an activating group) is 1. The van der Waals surface area contributed by atoms with Crippen LogP contribution in [0.25, 0.3) is 0 Å². The number of benzene rings is 1. The molecule has 1 saturated heterocycles. The van der Waals surface area contributed by atoms with Crippen LogP contribution in [0.5, 0.6) is 0 Å². The molecule has 1 aromatic carbocycles. The molecule has 24 heavy (non-hydrogen) atoms. The minimum absolute atomic E-state index is 0.0470. The van der Waals surface area contributed by atoms with E-state index in [0.717, 1.165) is 12.1 Å². The third-order valence-electron chi connectivity index (χ3n) is 4.19. The summed E-state index contributed by atoms with van der Waals surface area (Å²) in [5, 5.41) is 2.87. The first-order chi connectivity index (χ1) is 11.5. The van der Waals surface area contributed by atoms with E-state index in [4.69, 9.17) is 5.73 Å². The molecule has 1 aliphatic heterocycles. The molecule has 1 fully saturated rings. The fraction of sp³-hybridized carbons (Fsp3) is 0.312. The molecule has 0 bridgehead atoms. The Morgan fingerprint density at radius 1 is 1.29 bits per heavy atom. The van der Waals surface area contributed by atoms with Gasteiger partial charge in [-0.25, -0.2) is 18.7 Å². The normalized spacial score (nSPS) is 21.0. The minimum atomic E-state index is -0.906. The van der Waals surface area contributed by atoms with Gasteiger partial charge in [-0.3, -0.25) is 9.69 Å². The Hall–Kier alpha value is -2.61. The van der Waals surface area contributed by atoms with E-state index in [1.165, 1.54) is 18.5 Å². The number of carbonyl (C=O) groups excluding carboxylic acids is 1. The molecule has 2 heterocycles. The van der Waals surface area contributed by atoms with Gasteiger partial charge < -0.3 is 11.1 Å². The molecule has 1 aromatic heterocycles. The summed E-state index contributed by atoms with van der Waals surface area (Å²) in [5.41, 5.74) is 6.32. The Morgan fingerprint density at radius 2 is 2.04 bits per heavy atom. The van der Waals surface area contributed by atoms with Crippen LogP contribution in [0.1, 0.15) is 28.5 Å². The number of halogens is 2. The van der Waals surface area contributed by atoms with Gasteiger partial charge in [0.1, 0.15) is 0 Å². The molecular formula is C16H17F2N5O. The SMILES string of the molecule is CN1CC[C@@H](NC(=O)c2nccnc2N)[C@@H]1c1ccc(F)c(F)c1. The number of aromatic nitrogens is 2. The summed E-state index contributed by atoms with van der Waals surface area (Å²) >= 11 is 0. The number of nitrogens with zero attached hydrogens (tertiary/aromatic N) is 3. The summed E-state index contributed by atoms with van der Waals surface area (Å²) < 4.78 is 26.7. The quantitative estimate of drug-likeness (QED) is 0.889. The van der Waals surface area contributed by atoms with Crippen LogP contribution in [0.2, 0.25) is 0 Å². The fourth-order valence-corrected chi connectivity index (χ4v) is 3.04. The predicted molar refractivity (Wildman–Crippen MR) is 84.0 cm³/mol. The van der Waals surface area contributed by atoms with Crippen LogP contribution in [0.3, 0.4) is 0 Å². The second-order valence-corrected chi connectivity index (χ2v) is 5.76. The maximum absolute atomic E-state index is 13.6. The number of rotatable bonds is 3. The van der Waals surface area contributed by atoms with E-state index in [9.17, 15) is 13.6 Å². The van der Waals surface area contributed by atoms with Crippen molar-refractivity contribution in [3.63, 3.8) is 0 Å². The summed E-state index contributed by atoms with van der Waals surface area (Å²) in [6, 6.07) is 3.25. The largest absolute Gasteiger partial charge is 0.382 e. The van der Waals surface area contributed by atoms with Crippen LogP contribution < -0.4 is 11.1 Å². The standard InChI is InChI=1S/C16H17F2N5O/c1-23-7-4-12(14(23)9-2-3-10(17)11(18)8-9)22-16(24)13-15(19)21-6-5-20-13/h2-3,5-6,8,12,14H,4,7H2,1H3,(H2,19,21)(H,22,24)/t12-,14+/m1/s1. The predicted octanol–water partition coefficient (Wildman–Crippen LogP) is 1.51. The Kier molecular flexibility index (Phi) is 4.39. The first kappa shape index (κ1) is 16.3. The zero-order valence-corrected chi connectivity index (χ0v) is 13.0. The van der Waals surface area contributed by atoms with E-state index in [2.05, 4.69) is 15.3 Å². The molecule has 1 aliphatic rings. The maximum Gasteiger partial charge on any atom is 0.274 e. The van der Waals surface area contributed by atoms with Crippen molar-refractivity contribution in [3.8, 4) is 0 Å². The van der Waals surface area contributed by atoms with Gasteiger partial charge in [-0.15, -0.1) is 0 Å². The van der Waals surface area contributed by atoms with E-state index < -0.39 is 17.5 Å².